The normalized spacial score (nSPS) is 20.6. The van der Waals surface area contributed by atoms with E-state index in [-0.39, 0.29) is 10.9 Å². The Morgan fingerprint density at radius 2 is 2.10 bits per heavy atom. The minimum Gasteiger partial charge on any atom is -0.315 e. The quantitative estimate of drug-likeness (QED) is 0.820. The predicted octanol–water partition coefficient (Wildman–Crippen LogP) is 2.37. The van der Waals surface area contributed by atoms with Gasteiger partial charge in [-0.25, -0.2) is 12.8 Å². The highest BCUT2D eigenvalue weighted by atomic mass is 32.2. The Balaban J connectivity index is 2.21. The molecule has 1 aromatic carbocycles. The molecule has 1 atom stereocenters. The van der Waals surface area contributed by atoms with Crippen LogP contribution < -0.4 is 5.32 Å². The number of piperidine rings is 1. The van der Waals surface area contributed by atoms with Gasteiger partial charge >= 0.3 is 0 Å². The second-order valence-electron chi connectivity index (χ2n) is 5.40. The number of sulfonamides is 1. The minimum absolute atomic E-state index is 0.0880. The maximum Gasteiger partial charge on any atom is 0.246 e. The lowest BCUT2D eigenvalue weighted by Crippen LogP contribution is -2.48. The Labute approximate surface area is 126 Å². The zero-order valence-corrected chi connectivity index (χ0v) is 13.2. The van der Waals surface area contributed by atoms with Crippen LogP contribution in [0.3, 0.4) is 0 Å². The van der Waals surface area contributed by atoms with Gasteiger partial charge < -0.3 is 5.32 Å². The molecule has 6 heteroatoms. The van der Waals surface area contributed by atoms with Crippen molar-refractivity contribution in [3.05, 3.63) is 30.1 Å². The maximum atomic E-state index is 13.9. The second kappa shape index (κ2) is 7.33. The molecule has 0 radical (unpaired) electrons. The molecule has 0 saturated carbocycles. The van der Waals surface area contributed by atoms with Crippen molar-refractivity contribution >= 4 is 10.0 Å². The molecule has 1 unspecified atom stereocenters. The molecule has 0 bridgehead atoms. The Bertz CT molecular complexity index is 563. The van der Waals surface area contributed by atoms with Crippen LogP contribution in [0.15, 0.2) is 29.2 Å². The number of hydrogen-bond acceptors (Lipinski definition) is 3. The molecule has 118 valence electrons. The first-order chi connectivity index (χ1) is 10.1. The van der Waals surface area contributed by atoms with Gasteiger partial charge in [0.25, 0.3) is 0 Å². The fraction of sp³-hybridized carbons (Fsp3) is 0.600. The molecule has 1 aliphatic rings. The van der Waals surface area contributed by atoms with Gasteiger partial charge in [-0.3, -0.25) is 0 Å². The third-order valence-corrected chi connectivity index (χ3v) is 5.79. The van der Waals surface area contributed by atoms with Crippen molar-refractivity contribution in [2.45, 2.75) is 43.5 Å². The van der Waals surface area contributed by atoms with Crippen LogP contribution in [0.2, 0.25) is 0 Å². The third-order valence-electron chi connectivity index (χ3n) is 3.80. The first-order valence-electron chi connectivity index (χ1n) is 7.54. The summed E-state index contributed by atoms with van der Waals surface area (Å²) in [5.41, 5.74) is 0. The first kappa shape index (κ1) is 16.4. The lowest BCUT2D eigenvalue weighted by atomic mass is 10.1. The lowest BCUT2D eigenvalue weighted by molar-refractivity contribution is 0.245. The van der Waals surface area contributed by atoms with Crippen LogP contribution in [0.25, 0.3) is 0 Å². The van der Waals surface area contributed by atoms with Crippen molar-refractivity contribution in [3.63, 3.8) is 0 Å². The van der Waals surface area contributed by atoms with Crippen LogP contribution in [0, 0.1) is 5.82 Å². The number of benzene rings is 1. The van der Waals surface area contributed by atoms with Gasteiger partial charge in [0.05, 0.1) is 0 Å². The molecule has 21 heavy (non-hydrogen) atoms. The summed E-state index contributed by atoms with van der Waals surface area (Å²) < 4.78 is 40.7. The average molecular weight is 314 g/mol. The van der Waals surface area contributed by atoms with Crippen LogP contribution in [0.4, 0.5) is 4.39 Å². The van der Waals surface area contributed by atoms with Crippen LogP contribution in [-0.4, -0.2) is 38.4 Å². The molecule has 1 aromatic rings. The van der Waals surface area contributed by atoms with Crippen molar-refractivity contribution < 1.29 is 12.8 Å². The summed E-state index contributed by atoms with van der Waals surface area (Å²) in [7, 11) is -3.76. The molecule has 1 fully saturated rings. The maximum absolute atomic E-state index is 13.9. The molecular formula is C15H23FN2O2S. The lowest BCUT2D eigenvalue weighted by Gasteiger charge is -2.35. The molecule has 1 aliphatic heterocycles. The van der Waals surface area contributed by atoms with E-state index in [9.17, 15) is 12.8 Å². The molecule has 1 heterocycles. The van der Waals surface area contributed by atoms with Crippen molar-refractivity contribution in [1.82, 2.24) is 9.62 Å². The summed E-state index contributed by atoms with van der Waals surface area (Å²) in [6.45, 7) is 4.03. The van der Waals surface area contributed by atoms with Crippen molar-refractivity contribution in [2.24, 2.45) is 0 Å². The summed E-state index contributed by atoms with van der Waals surface area (Å²) in [5, 5.41) is 3.27. The number of nitrogens with one attached hydrogen (secondary N) is 1. The molecule has 0 aliphatic carbocycles. The van der Waals surface area contributed by atoms with Gasteiger partial charge in [-0.2, -0.15) is 4.31 Å². The van der Waals surface area contributed by atoms with E-state index in [1.807, 2.05) is 0 Å². The van der Waals surface area contributed by atoms with Gasteiger partial charge in [0.2, 0.25) is 10.0 Å². The highest BCUT2D eigenvalue weighted by molar-refractivity contribution is 7.89. The predicted molar refractivity (Wildman–Crippen MR) is 81.1 cm³/mol. The van der Waals surface area contributed by atoms with E-state index in [4.69, 9.17) is 0 Å². The van der Waals surface area contributed by atoms with E-state index in [0.29, 0.717) is 13.1 Å². The van der Waals surface area contributed by atoms with Crippen molar-refractivity contribution in [2.75, 3.05) is 19.6 Å². The number of rotatable bonds is 6. The monoisotopic (exact) mass is 314 g/mol. The largest absolute Gasteiger partial charge is 0.315 e. The zero-order valence-electron chi connectivity index (χ0n) is 12.4. The number of nitrogens with zero attached hydrogens (tertiary/aromatic N) is 1. The van der Waals surface area contributed by atoms with Gasteiger partial charge in [0, 0.05) is 19.1 Å². The first-order valence-corrected chi connectivity index (χ1v) is 8.98. The van der Waals surface area contributed by atoms with E-state index in [1.54, 1.807) is 6.07 Å². The van der Waals surface area contributed by atoms with Crippen LogP contribution in [-0.2, 0) is 10.0 Å². The minimum atomic E-state index is -3.76. The molecule has 0 amide bonds. The van der Waals surface area contributed by atoms with E-state index in [1.165, 1.54) is 22.5 Å². The number of halogens is 1. The Hall–Kier alpha value is -0.980. The highest BCUT2D eigenvalue weighted by Gasteiger charge is 2.34. The molecule has 1 N–H and O–H groups in total. The Kier molecular flexibility index (Phi) is 5.72. The second-order valence-corrected chi connectivity index (χ2v) is 7.26. The van der Waals surface area contributed by atoms with E-state index in [2.05, 4.69) is 12.2 Å². The van der Waals surface area contributed by atoms with Gasteiger partial charge in [0.15, 0.2) is 0 Å². The van der Waals surface area contributed by atoms with Gasteiger partial charge in [-0.05, 0) is 37.9 Å². The van der Waals surface area contributed by atoms with Gasteiger partial charge in [0.1, 0.15) is 10.7 Å². The van der Waals surface area contributed by atoms with E-state index >= 15 is 0 Å². The SMILES string of the molecule is CCCNCC1CCCCN1S(=O)(=O)c1ccccc1F. The van der Waals surface area contributed by atoms with Gasteiger partial charge in [-0.1, -0.05) is 25.5 Å². The zero-order chi connectivity index (χ0) is 15.3. The van der Waals surface area contributed by atoms with Crippen molar-refractivity contribution in [1.29, 1.82) is 0 Å². The molecule has 0 aromatic heterocycles. The Morgan fingerprint density at radius 1 is 1.33 bits per heavy atom. The van der Waals surface area contributed by atoms with Crippen LogP contribution in [0.1, 0.15) is 32.6 Å². The average Bonchev–Trinajstić information content (AvgIpc) is 2.48. The summed E-state index contributed by atoms with van der Waals surface area (Å²) >= 11 is 0. The van der Waals surface area contributed by atoms with Crippen molar-refractivity contribution in [3.8, 4) is 0 Å². The van der Waals surface area contributed by atoms with E-state index in [0.717, 1.165) is 32.2 Å². The van der Waals surface area contributed by atoms with Crippen LogP contribution in [0.5, 0.6) is 0 Å². The topological polar surface area (TPSA) is 49.4 Å². The molecule has 4 nitrogen and oxygen atoms in total. The number of hydrogen-bond donors (Lipinski definition) is 1. The Morgan fingerprint density at radius 3 is 2.81 bits per heavy atom. The molecule has 2 rings (SSSR count). The molecular weight excluding hydrogens is 291 g/mol. The summed E-state index contributed by atoms with van der Waals surface area (Å²) in [6.07, 6.45) is 3.68. The fourth-order valence-electron chi connectivity index (χ4n) is 2.72. The summed E-state index contributed by atoms with van der Waals surface area (Å²) in [6, 6.07) is 5.52. The smallest absolute Gasteiger partial charge is 0.246 e. The highest BCUT2D eigenvalue weighted by Crippen LogP contribution is 2.26. The third kappa shape index (κ3) is 3.81. The standard InChI is InChI=1S/C15H23FN2O2S/c1-2-10-17-12-13-7-5-6-11-18(13)21(19,20)15-9-4-3-8-14(15)16/h3-4,8-9,13,17H,2,5-7,10-12H2,1H3. The molecule has 0 spiro atoms. The fourth-order valence-corrected chi connectivity index (χ4v) is 4.48. The summed E-state index contributed by atoms with van der Waals surface area (Å²) in [4.78, 5) is -0.215. The van der Waals surface area contributed by atoms with Gasteiger partial charge in [-0.15, -0.1) is 0 Å². The molecule has 1 saturated heterocycles. The van der Waals surface area contributed by atoms with E-state index < -0.39 is 15.8 Å². The summed E-state index contributed by atoms with van der Waals surface area (Å²) in [5.74, 6) is -0.677. The van der Waals surface area contributed by atoms with Crippen LogP contribution >= 0.6 is 0 Å².